The highest BCUT2D eigenvalue weighted by Crippen LogP contribution is 2.35. The molecule has 0 aliphatic rings. The number of rotatable bonds is 7. The van der Waals surface area contributed by atoms with Crippen molar-refractivity contribution in [2.24, 2.45) is 5.73 Å². The summed E-state index contributed by atoms with van der Waals surface area (Å²) < 4.78 is 33.1. The van der Waals surface area contributed by atoms with E-state index in [1.165, 1.54) is 15.6 Å². The average Bonchev–Trinajstić information content (AvgIpc) is 2.86. The maximum Gasteiger partial charge on any atom is 0.244 e. The molecule has 0 radical (unpaired) electrons. The van der Waals surface area contributed by atoms with Gasteiger partial charge in [-0.15, -0.1) is 11.3 Å². The van der Waals surface area contributed by atoms with E-state index < -0.39 is 10.0 Å². The lowest BCUT2D eigenvalue weighted by atomic mass is 10.2. The van der Waals surface area contributed by atoms with Gasteiger partial charge in [0.15, 0.2) is 0 Å². The van der Waals surface area contributed by atoms with Gasteiger partial charge in [-0.1, -0.05) is 18.2 Å². The zero-order chi connectivity index (χ0) is 15.5. The van der Waals surface area contributed by atoms with Gasteiger partial charge in [-0.25, -0.2) is 8.42 Å². The average molecular weight is 328 g/mol. The van der Waals surface area contributed by atoms with E-state index in [9.17, 15) is 8.42 Å². The number of hydrogen-bond donors (Lipinski definition) is 1. The summed E-state index contributed by atoms with van der Waals surface area (Å²) in [7, 11) is -1.99. The van der Waals surface area contributed by atoms with Crippen LogP contribution in [0.3, 0.4) is 0 Å². The van der Waals surface area contributed by atoms with Crippen molar-refractivity contribution < 1.29 is 13.2 Å². The summed E-state index contributed by atoms with van der Waals surface area (Å²) in [4.78, 5) is 1.03. The number of nitrogens with zero attached hydrogens (tertiary/aromatic N) is 1. The zero-order valence-electron chi connectivity index (χ0n) is 12.2. The first-order valence-corrected chi connectivity index (χ1v) is 9.02. The molecular formula is C14H20N2O3S2. The molecule has 2 N–H and O–H groups in total. The van der Waals surface area contributed by atoms with Crippen molar-refractivity contribution in [3.8, 4) is 0 Å². The van der Waals surface area contributed by atoms with Gasteiger partial charge >= 0.3 is 0 Å². The molecule has 1 aromatic carbocycles. The number of nitrogens with two attached hydrogens (primary N) is 1. The molecule has 2 aromatic rings. The molecule has 1 aromatic heterocycles. The van der Waals surface area contributed by atoms with E-state index in [4.69, 9.17) is 10.5 Å². The van der Waals surface area contributed by atoms with E-state index in [2.05, 4.69) is 0 Å². The molecular weight excluding hydrogens is 308 g/mol. The van der Waals surface area contributed by atoms with Crippen LogP contribution in [0.25, 0.3) is 10.1 Å². The van der Waals surface area contributed by atoms with Crippen LogP contribution in [0.2, 0.25) is 0 Å². The van der Waals surface area contributed by atoms with Gasteiger partial charge in [0.25, 0.3) is 0 Å². The number of fused-ring (bicyclic) bond motifs is 1. The van der Waals surface area contributed by atoms with Gasteiger partial charge in [-0.3, -0.25) is 0 Å². The van der Waals surface area contributed by atoms with E-state index >= 15 is 0 Å². The Morgan fingerprint density at radius 1 is 1.33 bits per heavy atom. The summed E-state index contributed by atoms with van der Waals surface area (Å²) in [5.41, 5.74) is 5.74. The summed E-state index contributed by atoms with van der Waals surface area (Å²) in [5, 5.41) is 0.742. The third-order valence-electron chi connectivity index (χ3n) is 3.23. The van der Waals surface area contributed by atoms with Gasteiger partial charge < -0.3 is 10.5 Å². The molecule has 0 aliphatic heterocycles. The van der Waals surface area contributed by atoms with Crippen LogP contribution < -0.4 is 5.73 Å². The minimum atomic E-state index is -3.56. The van der Waals surface area contributed by atoms with Gasteiger partial charge in [-0.05, 0) is 13.0 Å². The van der Waals surface area contributed by atoms with Crippen LogP contribution in [0.5, 0.6) is 0 Å². The lowest BCUT2D eigenvalue weighted by Gasteiger charge is -2.17. The van der Waals surface area contributed by atoms with Crippen LogP contribution in [0.15, 0.2) is 29.2 Å². The second-order valence-corrected chi connectivity index (χ2v) is 7.70. The highest BCUT2D eigenvalue weighted by atomic mass is 32.2. The molecule has 2 rings (SSSR count). The number of likely N-dealkylation sites (N-methyl/N-ethyl adjacent to an activating group) is 1. The Morgan fingerprint density at radius 3 is 2.71 bits per heavy atom. The second kappa shape index (κ2) is 6.85. The number of thiophene rings is 1. The molecule has 0 saturated heterocycles. The fraction of sp³-hybridized carbons (Fsp3) is 0.429. The topological polar surface area (TPSA) is 72.6 Å². The van der Waals surface area contributed by atoms with Gasteiger partial charge in [0.2, 0.25) is 10.0 Å². The van der Waals surface area contributed by atoms with E-state index in [-0.39, 0.29) is 6.54 Å². The summed E-state index contributed by atoms with van der Waals surface area (Å²) in [6.45, 7) is 3.38. The predicted octanol–water partition coefficient (Wildman–Crippen LogP) is 2.02. The number of ether oxygens (including phenoxy) is 1. The maximum atomic E-state index is 12.8. The predicted molar refractivity (Wildman–Crippen MR) is 86.0 cm³/mol. The molecule has 0 fully saturated rings. The van der Waals surface area contributed by atoms with Crippen LogP contribution in [0.1, 0.15) is 11.8 Å². The Hall–Kier alpha value is -0.990. The van der Waals surface area contributed by atoms with Gasteiger partial charge in [0.1, 0.15) is 4.90 Å². The highest BCUT2D eigenvalue weighted by Gasteiger charge is 2.27. The molecule has 116 valence electrons. The number of hydrogen-bond acceptors (Lipinski definition) is 5. The fourth-order valence-corrected chi connectivity index (χ4v) is 5.04. The molecule has 5 nitrogen and oxygen atoms in total. The quantitative estimate of drug-likeness (QED) is 0.789. The molecule has 1 heterocycles. The van der Waals surface area contributed by atoms with Gasteiger partial charge in [0.05, 0.1) is 6.61 Å². The Labute approximate surface area is 129 Å². The summed E-state index contributed by atoms with van der Waals surface area (Å²) >= 11 is 1.43. The van der Waals surface area contributed by atoms with Gasteiger partial charge in [0, 0.05) is 41.7 Å². The molecule has 0 amide bonds. The number of sulfonamides is 1. The molecule has 0 spiro atoms. The molecule has 0 aliphatic carbocycles. The van der Waals surface area contributed by atoms with Crippen molar-refractivity contribution in [1.82, 2.24) is 4.31 Å². The molecule has 0 bridgehead atoms. The minimum Gasteiger partial charge on any atom is -0.380 e. The Morgan fingerprint density at radius 2 is 2.05 bits per heavy atom. The maximum absolute atomic E-state index is 12.8. The third-order valence-corrected chi connectivity index (χ3v) is 6.53. The van der Waals surface area contributed by atoms with Crippen molar-refractivity contribution in [2.75, 3.05) is 26.8 Å². The molecule has 7 heteroatoms. The van der Waals surface area contributed by atoms with E-state index in [1.807, 2.05) is 31.2 Å². The third kappa shape index (κ3) is 3.27. The van der Waals surface area contributed by atoms with Gasteiger partial charge in [-0.2, -0.15) is 4.31 Å². The van der Waals surface area contributed by atoms with Crippen molar-refractivity contribution >= 4 is 31.4 Å². The lowest BCUT2D eigenvalue weighted by molar-refractivity contribution is 0.138. The van der Waals surface area contributed by atoms with E-state index in [0.29, 0.717) is 29.5 Å². The van der Waals surface area contributed by atoms with Crippen molar-refractivity contribution in [2.45, 2.75) is 18.4 Å². The molecule has 21 heavy (non-hydrogen) atoms. The van der Waals surface area contributed by atoms with Crippen molar-refractivity contribution in [1.29, 1.82) is 0 Å². The van der Waals surface area contributed by atoms with Crippen LogP contribution in [0.4, 0.5) is 0 Å². The van der Waals surface area contributed by atoms with Crippen LogP contribution in [-0.2, 0) is 21.3 Å². The summed E-state index contributed by atoms with van der Waals surface area (Å²) in [6.07, 6.45) is 0. The molecule has 0 saturated carbocycles. The summed E-state index contributed by atoms with van der Waals surface area (Å²) in [6, 6.07) is 7.48. The molecule has 0 unspecified atom stereocenters. The van der Waals surface area contributed by atoms with E-state index in [1.54, 1.807) is 7.05 Å². The summed E-state index contributed by atoms with van der Waals surface area (Å²) in [5.74, 6) is 0. The second-order valence-electron chi connectivity index (χ2n) is 4.58. The van der Waals surface area contributed by atoms with Crippen molar-refractivity contribution in [3.05, 3.63) is 29.1 Å². The Balaban J connectivity index is 2.43. The van der Waals surface area contributed by atoms with Crippen LogP contribution in [-0.4, -0.2) is 39.5 Å². The number of benzene rings is 1. The van der Waals surface area contributed by atoms with Crippen LogP contribution in [0, 0.1) is 0 Å². The van der Waals surface area contributed by atoms with Crippen LogP contribution >= 0.6 is 11.3 Å². The first kappa shape index (κ1) is 16.4. The standard InChI is InChI=1S/C14H20N2O3S2/c1-3-19-9-8-16(2)21(17,18)14-11-6-4-5-7-12(11)20-13(14)10-15/h4-7H,3,8-10,15H2,1-2H3. The van der Waals surface area contributed by atoms with Crippen molar-refractivity contribution in [3.63, 3.8) is 0 Å². The lowest BCUT2D eigenvalue weighted by Crippen LogP contribution is -2.31. The molecule has 0 atom stereocenters. The smallest absolute Gasteiger partial charge is 0.244 e. The normalized spacial score (nSPS) is 12.4. The van der Waals surface area contributed by atoms with E-state index in [0.717, 1.165) is 10.1 Å². The first-order chi connectivity index (χ1) is 10.0. The SMILES string of the molecule is CCOCCN(C)S(=O)(=O)c1c(CN)sc2ccccc12. The monoisotopic (exact) mass is 328 g/mol. The highest BCUT2D eigenvalue weighted by molar-refractivity contribution is 7.89. The minimum absolute atomic E-state index is 0.215. The zero-order valence-corrected chi connectivity index (χ0v) is 13.8. The fourth-order valence-electron chi connectivity index (χ4n) is 2.10. The Bertz CT molecular complexity index is 710. The Kier molecular flexibility index (Phi) is 5.34. The first-order valence-electron chi connectivity index (χ1n) is 6.77. The largest absolute Gasteiger partial charge is 0.380 e.